The molecule has 0 heterocycles. The Bertz CT molecular complexity index is 758. The molecule has 5 rings (SSSR count). The first-order chi connectivity index (χ1) is 15.4. The number of anilines is 1. The number of nitrogens with one attached hydrogen (secondary N) is 3. The van der Waals surface area contributed by atoms with Crippen molar-refractivity contribution in [2.45, 2.75) is 56.9 Å². The minimum absolute atomic E-state index is 0.00261. The molecular weight excluding hydrogens is 404 g/mol. The predicted octanol–water partition coefficient (Wildman–Crippen LogP) is 3.61. The third-order valence-corrected chi connectivity index (χ3v) is 7.21. The quantitative estimate of drug-likeness (QED) is 0.484. The molecule has 0 unspecified atom stereocenters. The molecule has 4 saturated carbocycles. The Morgan fingerprint density at radius 2 is 1.66 bits per heavy atom. The molecule has 1 aromatic carbocycles. The second kappa shape index (κ2) is 10.1. The molecule has 4 fully saturated rings. The average molecular weight is 443 g/mol. The fourth-order valence-electron chi connectivity index (χ4n) is 6.27. The molecule has 3 amide bonds. The lowest BCUT2D eigenvalue weighted by Crippen LogP contribution is -2.61. The maximum absolute atomic E-state index is 12.5. The topological polar surface area (TPSA) is 82.7 Å². The number of urea groups is 1. The van der Waals surface area contributed by atoms with Gasteiger partial charge in [0.05, 0.1) is 6.61 Å². The molecule has 0 atom stereocenters. The fourth-order valence-corrected chi connectivity index (χ4v) is 6.27. The zero-order valence-electron chi connectivity index (χ0n) is 19.5. The van der Waals surface area contributed by atoms with Crippen LogP contribution in [0.25, 0.3) is 0 Å². The van der Waals surface area contributed by atoms with Gasteiger partial charge in [-0.3, -0.25) is 4.79 Å². The molecule has 7 nitrogen and oxygen atoms in total. The van der Waals surface area contributed by atoms with E-state index >= 15 is 0 Å². The standard InChI is InChI=1S/C25H38N4O3/c1-29(2)10-3-11-32-22-6-4-21(5-7-22)27-23(30)8-9-26-24(31)28-25-15-18-12-19(16-25)14-20(13-18)17-25/h4-7,18-20H,3,8-17H2,1-2H3,(H,27,30)(H2,26,28,31). The van der Waals surface area contributed by atoms with Crippen molar-refractivity contribution in [3.63, 3.8) is 0 Å². The Kier molecular flexibility index (Phi) is 7.23. The molecule has 0 aromatic heterocycles. The second-order valence-electron chi connectivity index (χ2n) is 10.4. The molecule has 3 N–H and O–H groups in total. The molecule has 32 heavy (non-hydrogen) atoms. The number of nitrogens with zero attached hydrogens (tertiary/aromatic N) is 1. The van der Waals surface area contributed by atoms with E-state index in [9.17, 15) is 9.59 Å². The van der Waals surface area contributed by atoms with E-state index in [1.165, 1.54) is 19.3 Å². The number of hydrogen-bond acceptors (Lipinski definition) is 4. The van der Waals surface area contributed by atoms with Gasteiger partial charge in [0.1, 0.15) is 5.75 Å². The van der Waals surface area contributed by atoms with Crippen molar-refractivity contribution < 1.29 is 14.3 Å². The van der Waals surface area contributed by atoms with E-state index < -0.39 is 0 Å². The maximum atomic E-state index is 12.5. The van der Waals surface area contributed by atoms with E-state index in [0.717, 1.165) is 61.4 Å². The van der Waals surface area contributed by atoms with Crippen LogP contribution < -0.4 is 20.7 Å². The maximum Gasteiger partial charge on any atom is 0.315 e. The van der Waals surface area contributed by atoms with Gasteiger partial charge in [0, 0.05) is 30.7 Å². The normalized spacial score (nSPS) is 27.9. The summed E-state index contributed by atoms with van der Waals surface area (Å²) in [6.45, 7) is 1.99. The zero-order valence-corrected chi connectivity index (χ0v) is 19.5. The second-order valence-corrected chi connectivity index (χ2v) is 10.4. The Hall–Kier alpha value is -2.28. The number of amides is 3. The number of ether oxygens (including phenoxy) is 1. The molecule has 0 aliphatic heterocycles. The van der Waals surface area contributed by atoms with Crippen LogP contribution in [-0.2, 0) is 4.79 Å². The van der Waals surface area contributed by atoms with Gasteiger partial charge in [0.2, 0.25) is 5.91 Å². The van der Waals surface area contributed by atoms with Crippen LogP contribution in [0.4, 0.5) is 10.5 Å². The first-order valence-electron chi connectivity index (χ1n) is 12.1. The van der Waals surface area contributed by atoms with Crippen molar-refractivity contribution in [1.29, 1.82) is 0 Å². The van der Waals surface area contributed by atoms with Crippen molar-refractivity contribution in [1.82, 2.24) is 15.5 Å². The van der Waals surface area contributed by atoms with Gasteiger partial charge < -0.3 is 25.6 Å². The highest BCUT2D eigenvalue weighted by atomic mass is 16.5. The molecule has 0 saturated heterocycles. The van der Waals surface area contributed by atoms with Crippen molar-refractivity contribution >= 4 is 17.6 Å². The SMILES string of the molecule is CN(C)CCCOc1ccc(NC(=O)CCNC(=O)NC23CC4CC(CC(C4)C2)C3)cc1. The number of carbonyl (C=O) groups excluding carboxylic acids is 2. The van der Waals surface area contributed by atoms with E-state index in [2.05, 4.69) is 20.9 Å². The van der Waals surface area contributed by atoms with Crippen LogP contribution in [0.1, 0.15) is 51.4 Å². The van der Waals surface area contributed by atoms with Crippen LogP contribution in [-0.4, -0.2) is 56.2 Å². The highest BCUT2D eigenvalue weighted by molar-refractivity contribution is 5.91. The first-order valence-corrected chi connectivity index (χ1v) is 12.1. The molecular formula is C25H38N4O3. The summed E-state index contributed by atoms with van der Waals surface area (Å²) >= 11 is 0. The third kappa shape index (κ3) is 6.15. The summed E-state index contributed by atoms with van der Waals surface area (Å²) in [6, 6.07) is 7.28. The van der Waals surface area contributed by atoms with E-state index in [4.69, 9.17) is 4.74 Å². The Morgan fingerprint density at radius 3 is 2.25 bits per heavy atom. The fraction of sp³-hybridized carbons (Fsp3) is 0.680. The smallest absolute Gasteiger partial charge is 0.315 e. The molecule has 4 bridgehead atoms. The first kappa shape index (κ1) is 22.9. The van der Waals surface area contributed by atoms with Gasteiger partial charge in [-0.1, -0.05) is 0 Å². The zero-order chi connectivity index (χ0) is 22.6. The monoisotopic (exact) mass is 442 g/mol. The summed E-state index contributed by atoms with van der Waals surface area (Å²) in [4.78, 5) is 26.9. The van der Waals surface area contributed by atoms with E-state index in [1.807, 2.05) is 38.4 Å². The van der Waals surface area contributed by atoms with E-state index in [1.54, 1.807) is 0 Å². The van der Waals surface area contributed by atoms with Gasteiger partial charge in [-0.25, -0.2) is 4.79 Å². The number of carbonyl (C=O) groups is 2. The third-order valence-electron chi connectivity index (χ3n) is 7.21. The molecule has 0 radical (unpaired) electrons. The molecule has 1 aromatic rings. The number of hydrogen-bond donors (Lipinski definition) is 3. The van der Waals surface area contributed by atoms with E-state index in [0.29, 0.717) is 13.2 Å². The summed E-state index contributed by atoms with van der Waals surface area (Å²) in [5, 5.41) is 9.05. The lowest BCUT2D eigenvalue weighted by atomic mass is 9.53. The van der Waals surface area contributed by atoms with Gasteiger partial charge >= 0.3 is 6.03 Å². The summed E-state index contributed by atoms with van der Waals surface area (Å²) in [5.41, 5.74) is 0.728. The van der Waals surface area contributed by atoms with Gasteiger partial charge in [-0.05, 0) is 101 Å². The minimum atomic E-state index is -0.129. The molecule has 4 aliphatic rings. The van der Waals surface area contributed by atoms with Crippen LogP contribution in [0.15, 0.2) is 24.3 Å². The van der Waals surface area contributed by atoms with Crippen molar-refractivity contribution in [3.05, 3.63) is 24.3 Å². The van der Waals surface area contributed by atoms with Crippen molar-refractivity contribution in [3.8, 4) is 5.75 Å². The Balaban J connectivity index is 1.13. The largest absolute Gasteiger partial charge is 0.494 e. The highest BCUT2D eigenvalue weighted by Gasteiger charge is 2.51. The summed E-state index contributed by atoms with van der Waals surface area (Å²) in [5.74, 6) is 3.07. The van der Waals surface area contributed by atoms with Gasteiger partial charge in [-0.15, -0.1) is 0 Å². The van der Waals surface area contributed by atoms with Gasteiger partial charge in [0.15, 0.2) is 0 Å². The van der Waals surface area contributed by atoms with Crippen LogP contribution in [0.3, 0.4) is 0 Å². The van der Waals surface area contributed by atoms with Gasteiger partial charge in [0.25, 0.3) is 0 Å². The van der Waals surface area contributed by atoms with Crippen molar-refractivity contribution in [2.75, 3.05) is 39.1 Å². The lowest BCUT2D eigenvalue weighted by Gasteiger charge is -2.56. The molecule has 7 heteroatoms. The summed E-state index contributed by atoms with van der Waals surface area (Å²) in [7, 11) is 4.09. The van der Waals surface area contributed by atoms with Gasteiger partial charge in [-0.2, -0.15) is 0 Å². The van der Waals surface area contributed by atoms with Crippen LogP contribution in [0.5, 0.6) is 5.75 Å². The minimum Gasteiger partial charge on any atom is -0.494 e. The lowest BCUT2D eigenvalue weighted by molar-refractivity contribution is -0.116. The number of rotatable bonds is 10. The molecule has 176 valence electrons. The summed E-state index contributed by atoms with van der Waals surface area (Å²) in [6.07, 6.45) is 8.66. The van der Waals surface area contributed by atoms with Crippen LogP contribution in [0, 0.1) is 17.8 Å². The van der Waals surface area contributed by atoms with Crippen LogP contribution >= 0.6 is 0 Å². The highest BCUT2D eigenvalue weighted by Crippen LogP contribution is 2.55. The Labute approximate surface area is 191 Å². The average Bonchev–Trinajstić information content (AvgIpc) is 2.71. The molecule has 0 spiro atoms. The summed E-state index contributed by atoms with van der Waals surface area (Å²) < 4.78 is 5.71. The molecule has 4 aliphatic carbocycles. The van der Waals surface area contributed by atoms with Crippen molar-refractivity contribution in [2.24, 2.45) is 17.8 Å². The van der Waals surface area contributed by atoms with Crippen LogP contribution in [0.2, 0.25) is 0 Å². The van der Waals surface area contributed by atoms with E-state index in [-0.39, 0.29) is 23.9 Å². The number of benzene rings is 1. The Morgan fingerprint density at radius 1 is 1.03 bits per heavy atom. The predicted molar refractivity (Wildman–Crippen MR) is 126 cm³/mol.